The molecule has 1 atom stereocenters. The van der Waals surface area contributed by atoms with Gasteiger partial charge in [0.2, 0.25) is 17.0 Å². The maximum atomic E-state index is 13.7. The largest absolute Gasteiger partial charge is 0.375 e. The monoisotopic (exact) mass is 536 g/mol. The second-order valence-electron chi connectivity index (χ2n) is 9.10. The molecule has 3 rings (SSSR count). The number of benzene rings is 2. The molecule has 0 aliphatic heterocycles. The number of rotatable bonds is 6. The number of halogens is 2. The Morgan fingerprint density at radius 1 is 0.938 bits per heavy atom. The minimum atomic E-state index is -1.75. The fourth-order valence-electron chi connectivity index (χ4n) is 3.67. The average Bonchev–Trinajstić information content (AvgIpc) is 2.71. The number of fused-ring (bicyclic) bond motifs is 1. The van der Waals surface area contributed by atoms with Crippen LogP contribution in [0.2, 0.25) is 5.02 Å². The molecule has 2 aromatic carbocycles. The molecule has 3 aromatic rings. The Bertz CT molecular complexity index is 1180. The molecule has 0 aliphatic carbocycles. The van der Waals surface area contributed by atoms with Crippen molar-refractivity contribution in [2.75, 3.05) is 0 Å². The SMILES string of the molecule is Cc1nc(OS(=O)c2c(C(C)C)cc(C(C)C)cc2C(C)C)c2cc(C)c(Br)c(Cl)c2n1. The normalized spacial score (nSPS) is 12.9. The summed E-state index contributed by atoms with van der Waals surface area (Å²) >= 11 is 8.31. The zero-order chi connectivity index (χ0) is 23.9. The first-order chi connectivity index (χ1) is 14.9. The molecule has 1 unspecified atom stereocenters. The van der Waals surface area contributed by atoms with Crippen LogP contribution in [0.5, 0.6) is 5.88 Å². The van der Waals surface area contributed by atoms with Crippen LogP contribution in [0.25, 0.3) is 10.9 Å². The lowest BCUT2D eigenvalue weighted by Crippen LogP contribution is -2.13. The van der Waals surface area contributed by atoms with Crippen molar-refractivity contribution in [1.82, 2.24) is 9.97 Å². The quantitative estimate of drug-likeness (QED) is 0.318. The zero-order valence-corrected chi connectivity index (χ0v) is 23.0. The summed E-state index contributed by atoms with van der Waals surface area (Å²) in [6.45, 7) is 16.5. The van der Waals surface area contributed by atoms with Crippen molar-refractivity contribution in [1.29, 1.82) is 0 Å². The summed E-state index contributed by atoms with van der Waals surface area (Å²) in [6.07, 6.45) is 0. The summed E-state index contributed by atoms with van der Waals surface area (Å²) in [7, 11) is 0. The molecule has 32 heavy (non-hydrogen) atoms. The number of hydrogen-bond acceptors (Lipinski definition) is 4. The van der Waals surface area contributed by atoms with Gasteiger partial charge < -0.3 is 4.18 Å². The maximum absolute atomic E-state index is 13.7. The van der Waals surface area contributed by atoms with Crippen LogP contribution in [0.1, 0.15) is 87.4 Å². The zero-order valence-electron chi connectivity index (χ0n) is 19.8. The van der Waals surface area contributed by atoms with E-state index in [-0.39, 0.29) is 17.7 Å². The van der Waals surface area contributed by atoms with Gasteiger partial charge in [0.1, 0.15) is 5.82 Å². The molecule has 0 N–H and O–H groups in total. The first-order valence-electron chi connectivity index (χ1n) is 10.8. The molecule has 0 spiro atoms. The van der Waals surface area contributed by atoms with Crippen LogP contribution in [0.3, 0.4) is 0 Å². The second-order valence-corrected chi connectivity index (χ2v) is 11.3. The van der Waals surface area contributed by atoms with Gasteiger partial charge in [0.25, 0.3) is 0 Å². The van der Waals surface area contributed by atoms with Crippen LogP contribution in [-0.2, 0) is 11.1 Å². The van der Waals surface area contributed by atoms with E-state index in [9.17, 15) is 4.21 Å². The number of hydrogen-bond donors (Lipinski definition) is 0. The number of aromatic nitrogens is 2. The Balaban J connectivity index is 2.21. The molecule has 0 saturated heterocycles. The van der Waals surface area contributed by atoms with Crippen LogP contribution in [0, 0.1) is 13.8 Å². The molecule has 0 fully saturated rings. The van der Waals surface area contributed by atoms with E-state index in [4.69, 9.17) is 15.8 Å². The van der Waals surface area contributed by atoms with Crippen molar-refractivity contribution >= 4 is 49.5 Å². The van der Waals surface area contributed by atoms with Gasteiger partial charge in [-0.25, -0.2) is 9.19 Å². The standard InChI is InChI=1S/C25H30BrClN2O2S/c1-12(2)17-10-18(13(3)4)24(19(11-17)14(5)6)32(30)31-25-20-9-15(7)21(26)22(27)23(20)28-16(8)29-25/h9-14H,1-8H3. The number of aryl methyl sites for hydroxylation is 2. The highest BCUT2D eigenvalue weighted by molar-refractivity contribution is 9.10. The average molecular weight is 538 g/mol. The maximum Gasteiger partial charge on any atom is 0.242 e. The smallest absolute Gasteiger partial charge is 0.242 e. The van der Waals surface area contributed by atoms with Crippen LogP contribution in [-0.4, -0.2) is 14.2 Å². The molecule has 4 nitrogen and oxygen atoms in total. The molecular formula is C25H30BrClN2O2S. The van der Waals surface area contributed by atoms with Crippen LogP contribution >= 0.6 is 27.5 Å². The predicted octanol–water partition coefficient (Wildman–Crippen LogP) is 8.13. The van der Waals surface area contributed by atoms with E-state index in [0.29, 0.717) is 27.7 Å². The third kappa shape index (κ3) is 4.87. The Morgan fingerprint density at radius 2 is 1.50 bits per heavy atom. The Labute approximate surface area is 206 Å². The molecule has 0 amide bonds. The van der Waals surface area contributed by atoms with Crippen LogP contribution < -0.4 is 4.18 Å². The van der Waals surface area contributed by atoms with E-state index in [0.717, 1.165) is 26.1 Å². The number of nitrogens with zero attached hydrogens (tertiary/aromatic N) is 2. The van der Waals surface area contributed by atoms with E-state index >= 15 is 0 Å². The van der Waals surface area contributed by atoms with E-state index in [2.05, 4.69) is 79.6 Å². The van der Waals surface area contributed by atoms with Gasteiger partial charge in [0, 0.05) is 4.47 Å². The summed E-state index contributed by atoms with van der Waals surface area (Å²) in [5.41, 5.74) is 4.84. The summed E-state index contributed by atoms with van der Waals surface area (Å²) in [5, 5.41) is 1.14. The van der Waals surface area contributed by atoms with Crippen LogP contribution in [0.15, 0.2) is 27.6 Å². The lowest BCUT2D eigenvalue weighted by atomic mass is 9.89. The molecule has 1 heterocycles. The molecule has 1 aromatic heterocycles. The van der Waals surface area contributed by atoms with E-state index in [1.54, 1.807) is 6.92 Å². The molecule has 172 valence electrons. The van der Waals surface area contributed by atoms with Crippen molar-refractivity contribution < 1.29 is 8.39 Å². The third-order valence-electron chi connectivity index (χ3n) is 5.53. The summed E-state index contributed by atoms with van der Waals surface area (Å²) in [4.78, 5) is 9.70. The van der Waals surface area contributed by atoms with E-state index < -0.39 is 11.1 Å². The second kappa shape index (κ2) is 9.78. The first kappa shape index (κ1) is 25.1. The Kier molecular flexibility index (Phi) is 7.68. The highest BCUT2D eigenvalue weighted by atomic mass is 79.9. The Morgan fingerprint density at radius 3 is 2.00 bits per heavy atom. The van der Waals surface area contributed by atoms with Gasteiger partial charge in [-0.1, -0.05) is 65.3 Å². The van der Waals surface area contributed by atoms with Gasteiger partial charge >= 0.3 is 0 Å². The van der Waals surface area contributed by atoms with Crippen molar-refractivity contribution in [3.8, 4) is 5.88 Å². The summed E-state index contributed by atoms with van der Waals surface area (Å²) in [6, 6.07) is 6.24. The fraction of sp³-hybridized carbons (Fsp3) is 0.440. The molecule has 0 bridgehead atoms. The summed E-state index contributed by atoms with van der Waals surface area (Å²) in [5.74, 6) is 1.56. The third-order valence-corrected chi connectivity index (χ3v) is 8.26. The molecule has 0 radical (unpaired) electrons. The topological polar surface area (TPSA) is 52.1 Å². The van der Waals surface area contributed by atoms with Gasteiger partial charge in [-0.2, -0.15) is 4.98 Å². The Hall–Kier alpha value is -1.50. The highest BCUT2D eigenvalue weighted by Gasteiger charge is 2.25. The van der Waals surface area contributed by atoms with Crippen molar-refractivity contribution in [3.05, 3.63) is 55.8 Å². The van der Waals surface area contributed by atoms with E-state index in [1.807, 2.05) is 13.0 Å². The molecule has 0 saturated carbocycles. The highest BCUT2D eigenvalue weighted by Crippen LogP contribution is 2.38. The van der Waals surface area contributed by atoms with Crippen molar-refractivity contribution in [2.24, 2.45) is 0 Å². The lowest BCUT2D eigenvalue weighted by molar-refractivity contribution is 0.544. The lowest BCUT2D eigenvalue weighted by Gasteiger charge is -2.22. The molecule has 0 aliphatic rings. The minimum Gasteiger partial charge on any atom is -0.375 e. The van der Waals surface area contributed by atoms with Crippen molar-refractivity contribution in [3.63, 3.8) is 0 Å². The minimum absolute atomic E-state index is 0.199. The first-order valence-corrected chi connectivity index (χ1v) is 13.1. The van der Waals surface area contributed by atoms with Crippen LogP contribution in [0.4, 0.5) is 0 Å². The van der Waals surface area contributed by atoms with Gasteiger partial charge in [0.15, 0.2) is 0 Å². The van der Waals surface area contributed by atoms with Gasteiger partial charge in [-0.15, -0.1) is 0 Å². The fourth-order valence-corrected chi connectivity index (χ4v) is 5.59. The van der Waals surface area contributed by atoms with E-state index in [1.165, 1.54) is 5.56 Å². The predicted molar refractivity (Wildman–Crippen MR) is 137 cm³/mol. The van der Waals surface area contributed by atoms with Gasteiger partial charge in [-0.3, -0.25) is 0 Å². The van der Waals surface area contributed by atoms with Crippen molar-refractivity contribution in [2.45, 2.75) is 78.0 Å². The van der Waals surface area contributed by atoms with Gasteiger partial charge in [-0.05, 0) is 75.9 Å². The molecule has 7 heteroatoms. The molecular weight excluding hydrogens is 508 g/mol. The summed E-state index contributed by atoms with van der Waals surface area (Å²) < 4.78 is 20.6. The van der Waals surface area contributed by atoms with Gasteiger partial charge in [0.05, 0.1) is 20.8 Å².